The molecule has 104 valence electrons. The van der Waals surface area contributed by atoms with Crippen molar-refractivity contribution in [2.75, 3.05) is 31.2 Å². The Labute approximate surface area is 125 Å². The van der Waals surface area contributed by atoms with Crippen LogP contribution in [-0.4, -0.2) is 37.5 Å². The first-order valence-corrected chi connectivity index (χ1v) is 7.18. The van der Waals surface area contributed by atoms with Gasteiger partial charge >= 0.3 is 0 Å². The van der Waals surface area contributed by atoms with Crippen molar-refractivity contribution in [1.82, 2.24) is 4.98 Å². The summed E-state index contributed by atoms with van der Waals surface area (Å²) in [7, 11) is 0. The van der Waals surface area contributed by atoms with Gasteiger partial charge in [0.25, 0.3) is 0 Å². The summed E-state index contributed by atoms with van der Waals surface area (Å²) in [4.78, 5) is 10.5. The molecule has 0 amide bonds. The molecule has 0 atom stereocenters. The molecular weight excluding hydrogens is 322 g/mol. The molecule has 1 aliphatic rings. The summed E-state index contributed by atoms with van der Waals surface area (Å²) in [6.07, 6.45) is 5.13. The van der Waals surface area contributed by atoms with E-state index in [1.54, 1.807) is 18.6 Å². The second-order valence-corrected chi connectivity index (χ2v) is 5.23. The minimum Gasteiger partial charge on any atom is -0.438 e. The van der Waals surface area contributed by atoms with E-state index in [0.717, 1.165) is 42.3 Å². The van der Waals surface area contributed by atoms with Crippen LogP contribution in [-0.2, 0) is 4.74 Å². The van der Waals surface area contributed by atoms with Gasteiger partial charge in [-0.1, -0.05) is 0 Å². The average molecular weight is 336 g/mol. The molecule has 6 heteroatoms. The number of pyridine rings is 1. The monoisotopic (exact) mass is 335 g/mol. The van der Waals surface area contributed by atoms with Gasteiger partial charge in [0.1, 0.15) is 5.76 Å². The topological polar surface area (TPSA) is 50.9 Å². The highest BCUT2D eigenvalue weighted by molar-refractivity contribution is 9.10. The lowest BCUT2D eigenvalue weighted by Crippen LogP contribution is -2.36. The van der Waals surface area contributed by atoms with Crippen molar-refractivity contribution in [3.05, 3.63) is 40.8 Å². The Bertz CT molecular complexity index is 592. The van der Waals surface area contributed by atoms with Gasteiger partial charge in [0, 0.05) is 25.4 Å². The summed E-state index contributed by atoms with van der Waals surface area (Å²) in [5.74, 6) is 1.54. The van der Waals surface area contributed by atoms with Gasteiger partial charge in [-0.2, -0.15) is 0 Å². The molecule has 2 aromatic heterocycles. The molecule has 0 saturated carbocycles. The van der Waals surface area contributed by atoms with Crippen LogP contribution in [0.1, 0.15) is 5.76 Å². The molecule has 0 aromatic carbocycles. The van der Waals surface area contributed by atoms with Crippen LogP contribution >= 0.6 is 15.9 Å². The van der Waals surface area contributed by atoms with Crippen LogP contribution in [0.25, 0.3) is 0 Å². The third-order valence-corrected chi connectivity index (χ3v) is 3.54. The molecule has 20 heavy (non-hydrogen) atoms. The Kier molecular flexibility index (Phi) is 4.13. The van der Waals surface area contributed by atoms with Crippen molar-refractivity contribution < 1.29 is 9.15 Å². The molecule has 0 bridgehead atoms. The summed E-state index contributed by atoms with van der Waals surface area (Å²) in [5, 5.41) is 0. The highest BCUT2D eigenvalue weighted by Crippen LogP contribution is 2.30. The second-order valence-electron chi connectivity index (χ2n) is 4.37. The first-order chi connectivity index (χ1) is 9.83. The maximum absolute atomic E-state index is 5.83. The van der Waals surface area contributed by atoms with Gasteiger partial charge in [0.2, 0.25) is 5.88 Å². The number of furan rings is 1. The van der Waals surface area contributed by atoms with Gasteiger partial charge in [-0.15, -0.1) is 0 Å². The molecule has 0 aliphatic carbocycles. The lowest BCUT2D eigenvalue weighted by molar-refractivity contribution is 0.120. The number of aromatic nitrogens is 1. The van der Waals surface area contributed by atoms with Gasteiger partial charge in [0.15, 0.2) is 0 Å². The maximum Gasteiger partial charge on any atom is 0.210 e. The Morgan fingerprint density at radius 1 is 1.35 bits per heavy atom. The summed E-state index contributed by atoms with van der Waals surface area (Å²) in [6, 6.07) is 5.67. The Morgan fingerprint density at radius 3 is 2.95 bits per heavy atom. The molecule has 0 spiro atoms. The molecule has 0 radical (unpaired) electrons. The second kappa shape index (κ2) is 6.19. The highest BCUT2D eigenvalue weighted by atomic mass is 79.9. The van der Waals surface area contributed by atoms with Crippen LogP contribution in [0.15, 0.2) is 44.5 Å². The van der Waals surface area contributed by atoms with E-state index in [2.05, 4.69) is 30.8 Å². The van der Waals surface area contributed by atoms with Crippen LogP contribution < -0.4 is 4.90 Å². The number of hydrogen-bond acceptors (Lipinski definition) is 5. The van der Waals surface area contributed by atoms with E-state index < -0.39 is 0 Å². The molecule has 1 saturated heterocycles. The summed E-state index contributed by atoms with van der Waals surface area (Å²) in [6.45, 7) is 3.13. The molecule has 5 nitrogen and oxygen atoms in total. The van der Waals surface area contributed by atoms with Crippen LogP contribution in [0.4, 0.5) is 11.6 Å². The number of hydrogen-bond donors (Lipinski definition) is 0. The smallest absolute Gasteiger partial charge is 0.210 e. The zero-order valence-electron chi connectivity index (χ0n) is 10.8. The zero-order chi connectivity index (χ0) is 13.8. The van der Waals surface area contributed by atoms with Gasteiger partial charge in [0.05, 0.1) is 35.8 Å². The third kappa shape index (κ3) is 3.08. The third-order valence-electron chi connectivity index (χ3n) is 2.97. The highest BCUT2D eigenvalue weighted by Gasteiger charge is 2.18. The lowest BCUT2D eigenvalue weighted by Gasteiger charge is -2.26. The fourth-order valence-electron chi connectivity index (χ4n) is 1.99. The number of rotatable bonds is 3. The summed E-state index contributed by atoms with van der Waals surface area (Å²) < 4.78 is 12.1. The number of aliphatic imine (C=N–C) groups is 1. The van der Waals surface area contributed by atoms with E-state index in [0.29, 0.717) is 5.76 Å². The largest absolute Gasteiger partial charge is 0.438 e. The minimum absolute atomic E-state index is 0.710. The van der Waals surface area contributed by atoms with E-state index in [1.807, 2.05) is 18.2 Å². The fraction of sp³-hybridized carbons (Fsp3) is 0.286. The number of ether oxygens (including phenoxy) is 1. The van der Waals surface area contributed by atoms with Crippen LogP contribution in [0.2, 0.25) is 0 Å². The number of anilines is 1. The normalized spacial score (nSPS) is 15.9. The quantitative estimate of drug-likeness (QED) is 0.809. The van der Waals surface area contributed by atoms with Gasteiger partial charge in [-0.05, 0) is 28.1 Å². The van der Waals surface area contributed by atoms with E-state index in [9.17, 15) is 0 Å². The van der Waals surface area contributed by atoms with Gasteiger partial charge in [-0.25, -0.2) is 0 Å². The van der Waals surface area contributed by atoms with E-state index >= 15 is 0 Å². The van der Waals surface area contributed by atoms with Crippen molar-refractivity contribution in [3.8, 4) is 0 Å². The summed E-state index contributed by atoms with van der Waals surface area (Å²) >= 11 is 3.53. The molecule has 3 heterocycles. The average Bonchev–Trinajstić information content (AvgIpc) is 2.88. The van der Waals surface area contributed by atoms with Crippen LogP contribution in [0, 0.1) is 0 Å². The zero-order valence-corrected chi connectivity index (χ0v) is 12.4. The maximum atomic E-state index is 5.83. The molecule has 3 rings (SSSR count). The molecule has 1 aliphatic heterocycles. The molecule has 0 unspecified atom stereocenters. The Balaban J connectivity index is 1.76. The van der Waals surface area contributed by atoms with Crippen molar-refractivity contribution in [1.29, 1.82) is 0 Å². The molecule has 1 fully saturated rings. The minimum atomic E-state index is 0.710. The number of morpholine rings is 1. The predicted molar refractivity (Wildman–Crippen MR) is 80.9 cm³/mol. The molecule has 2 aromatic rings. The fourth-order valence-corrected chi connectivity index (χ4v) is 2.55. The first-order valence-electron chi connectivity index (χ1n) is 6.39. The Morgan fingerprint density at radius 2 is 2.20 bits per heavy atom. The predicted octanol–water partition coefficient (Wildman–Crippen LogP) is 3.02. The van der Waals surface area contributed by atoms with Crippen LogP contribution in [0.3, 0.4) is 0 Å². The Hall–Kier alpha value is -1.66. The van der Waals surface area contributed by atoms with Crippen molar-refractivity contribution >= 4 is 33.7 Å². The van der Waals surface area contributed by atoms with Gasteiger partial charge in [-0.3, -0.25) is 9.98 Å². The standard InChI is InChI=1S/C14H14BrN3O2/c15-13-8-12(10-17-11-2-1-3-16-9-11)20-14(13)18-4-6-19-7-5-18/h1-3,8-10H,4-7H2. The van der Waals surface area contributed by atoms with Crippen LogP contribution in [0.5, 0.6) is 0 Å². The number of halogens is 1. The number of nitrogens with zero attached hydrogens (tertiary/aromatic N) is 3. The first kappa shape index (κ1) is 13.3. The summed E-state index contributed by atoms with van der Waals surface area (Å²) in [5.41, 5.74) is 0.799. The SMILES string of the molecule is Brc1cc(C=Nc2cccnc2)oc1N1CCOCC1. The van der Waals surface area contributed by atoms with E-state index in [4.69, 9.17) is 9.15 Å². The van der Waals surface area contributed by atoms with E-state index in [1.165, 1.54) is 0 Å². The molecular formula is C14H14BrN3O2. The van der Waals surface area contributed by atoms with Crippen molar-refractivity contribution in [2.45, 2.75) is 0 Å². The van der Waals surface area contributed by atoms with Crippen molar-refractivity contribution in [3.63, 3.8) is 0 Å². The van der Waals surface area contributed by atoms with Gasteiger partial charge < -0.3 is 14.1 Å². The lowest BCUT2D eigenvalue weighted by atomic mass is 10.4. The molecule has 0 N–H and O–H groups in total. The van der Waals surface area contributed by atoms with Crippen molar-refractivity contribution in [2.24, 2.45) is 4.99 Å². The van der Waals surface area contributed by atoms with E-state index in [-0.39, 0.29) is 0 Å².